The molecule has 3 rings (SSSR count). The lowest BCUT2D eigenvalue weighted by Crippen LogP contribution is -2.56. The topological polar surface area (TPSA) is 46.5 Å². The summed E-state index contributed by atoms with van der Waals surface area (Å²) in [6.45, 7) is 4.11. The van der Waals surface area contributed by atoms with Crippen molar-refractivity contribution in [2.45, 2.75) is 56.6 Å². The molecule has 17 heavy (non-hydrogen) atoms. The highest BCUT2D eigenvalue weighted by atomic mass is 31.0. The van der Waals surface area contributed by atoms with E-state index in [1.54, 1.807) is 0 Å². The van der Waals surface area contributed by atoms with Gasteiger partial charge in [0.15, 0.2) is 5.78 Å². The molecule has 3 fully saturated rings. The molecular weight excluding hydrogens is 235 g/mol. The maximum absolute atomic E-state index is 12.2. The minimum Gasteiger partial charge on any atom is -0.389 e. The van der Waals surface area contributed by atoms with E-state index in [0.29, 0.717) is 12.3 Å². The van der Waals surface area contributed by atoms with E-state index in [2.05, 4.69) is 16.2 Å². The Bertz CT molecular complexity index is 372. The Morgan fingerprint density at radius 3 is 2.88 bits per heavy atom. The molecule has 7 atom stereocenters. The van der Waals surface area contributed by atoms with Gasteiger partial charge in [-0.15, -0.1) is 0 Å². The average molecular weight is 256 g/mol. The van der Waals surface area contributed by atoms with Gasteiger partial charge in [-0.05, 0) is 31.6 Å². The van der Waals surface area contributed by atoms with Crippen LogP contribution in [0.25, 0.3) is 0 Å². The molecule has 2 aliphatic heterocycles. The van der Waals surface area contributed by atoms with Crippen LogP contribution in [0.15, 0.2) is 0 Å². The quantitative estimate of drug-likeness (QED) is 0.727. The number of aliphatic hydroxyl groups is 1. The molecule has 1 aliphatic carbocycles. The Hall–Kier alpha value is 0.0200. The van der Waals surface area contributed by atoms with E-state index < -0.39 is 17.0 Å². The summed E-state index contributed by atoms with van der Waals surface area (Å²) < 4.78 is 5.97. The molecule has 96 valence electrons. The van der Waals surface area contributed by atoms with Crippen LogP contribution in [-0.4, -0.2) is 27.9 Å². The molecule has 7 unspecified atom stereocenters. The third-order valence-electron chi connectivity index (χ3n) is 5.35. The Morgan fingerprint density at radius 2 is 2.24 bits per heavy atom. The lowest BCUT2D eigenvalue weighted by Gasteiger charge is -2.47. The van der Waals surface area contributed by atoms with Crippen LogP contribution in [-0.2, 0) is 9.53 Å². The zero-order chi connectivity index (χ0) is 12.4. The standard InChI is InChI=1S/C13H21O3P/c1-3-7-4-5-8-10(7)11(15)13(17)6-9(14)12(8,2)16-13/h7-8,10-11,15H,3-6,17H2,1-2H3. The Labute approximate surface area is 105 Å². The Morgan fingerprint density at radius 1 is 1.53 bits per heavy atom. The fourth-order valence-electron chi connectivity index (χ4n) is 4.39. The van der Waals surface area contributed by atoms with Crippen LogP contribution in [0.3, 0.4) is 0 Å². The van der Waals surface area contributed by atoms with Crippen molar-refractivity contribution in [2.24, 2.45) is 17.8 Å². The Kier molecular flexibility index (Phi) is 2.50. The molecule has 0 spiro atoms. The number of aliphatic hydroxyl groups excluding tert-OH is 1. The van der Waals surface area contributed by atoms with Gasteiger partial charge in [0.05, 0.1) is 6.10 Å². The molecule has 0 aromatic heterocycles. The second-order valence-corrected chi connectivity index (χ2v) is 7.12. The van der Waals surface area contributed by atoms with Crippen molar-refractivity contribution in [2.75, 3.05) is 0 Å². The summed E-state index contributed by atoms with van der Waals surface area (Å²) in [6.07, 6.45) is 3.06. The van der Waals surface area contributed by atoms with Gasteiger partial charge in [0.1, 0.15) is 10.9 Å². The van der Waals surface area contributed by atoms with Crippen molar-refractivity contribution in [1.82, 2.24) is 0 Å². The maximum atomic E-state index is 12.2. The predicted octanol–water partition coefficient (Wildman–Crippen LogP) is 1.73. The van der Waals surface area contributed by atoms with Crippen molar-refractivity contribution < 1.29 is 14.6 Å². The highest BCUT2D eigenvalue weighted by molar-refractivity contribution is 7.19. The number of rotatable bonds is 1. The summed E-state index contributed by atoms with van der Waals surface area (Å²) >= 11 is 0. The van der Waals surface area contributed by atoms with Crippen molar-refractivity contribution in [1.29, 1.82) is 0 Å². The summed E-state index contributed by atoms with van der Waals surface area (Å²) in [6, 6.07) is 0. The largest absolute Gasteiger partial charge is 0.389 e. The number of fused-ring (bicyclic) bond motifs is 4. The highest BCUT2D eigenvalue weighted by Crippen LogP contribution is 2.60. The van der Waals surface area contributed by atoms with E-state index in [0.717, 1.165) is 19.3 Å². The van der Waals surface area contributed by atoms with E-state index in [9.17, 15) is 9.90 Å². The fourth-order valence-corrected chi connectivity index (χ4v) is 5.04. The normalized spacial score (nSPS) is 57.3. The highest BCUT2D eigenvalue weighted by Gasteiger charge is 2.67. The third-order valence-corrected chi connectivity index (χ3v) is 6.01. The van der Waals surface area contributed by atoms with Crippen molar-refractivity contribution in [3.63, 3.8) is 0 Å². The van der Waals surface area contributed by atoms with Crippen LogP contribution in [0.2, 0.25) is 0 Å². The predicted molar refractivity (Wildman–Crippen MR) is 67.6 cm³/mol. The first-order valence-corrected chi connectivity index (χ1v) is 7.20. The second-order valence-electron chi connectivity index (χ2n) is 6.14. The number of carbonyl (C=O) groups excluding carboxylic acids is 1. The third kappa shape index (κ3) is 1.37. The van der Waals surface area contributed by atoms with Gasteiger partial charge in [0.2, 0.25) is 0 Å². The molecule has 3 aliphatic rings. The minimum atomic E-state index is -0.717. The molecule has 1 saturated carbocycles. The fraction of sp³-hybridized carbons (Fsp3) is 0.923. The van der Waals surface area contributed by atoms with Crippen LogP contribution >= 0.6 is 9.24 Å². The number of ketones is 1. The van der Waals surface area contributed by atoms with Gasteiger partial charge in [-0.3, -0.25) is 4.79 Å². The number of ether oxygens (including phenoxy) is 1. The van der Waals surface area contributed by atoms with Crippen LogP contribution in [0.1, 0.15) is 39.5 Å². The first-order valence-electron chi connectivity index (χ1n) is 6.63. The first kappa shape index (κ1) is 12.1. The molecule has 2 bridgehead atoms. The van der Waals surface area contributed by atoms with Crippen LogP contribution in [0.4, 0.5) is 0 Å². The van der Waals surface area contributed by atoms with Crippen molar-refractivity contribution in [3.8, 4) is 0 Å². The van der Waals surface area contributed by atoms with Crippen LogP contribution < -0.4 is 0 Å². The summed E-state index contributed by atoms with van der Waals surface area (Å²) in [5.41, 5.74) is -0.643. The number of Topliss-reactive ketones (excluding diaryl/α,β-unsaturated/α-hetero) is 1. The number of hydrogen-bond acceptors (Lipinski definition) is 3. The van der Waals surface area contributed by atoms with Crippen LogP contribution in [0, 0.1) is 17.8 Å². The SMILES string of the molecule is CCC1CCC2C1C(O)C1(P)CC(=O)C2(C)O1. The van der Waals surface area contributed by atoms with Gasteiger partial charge >= 0.3 is 0 Å². The van der Waals surface area contributed by atoms with Crippen molar-refractivity contribution in [3.05, 3.63) is 0 Å². The Balaban J connectivity index is 2.04. The zero-order valence-corrected chi connectivity index (χ0v) is 11.6. The summed E-state index contributed by atoms with van der Waals surface area (Å²) in [4.78, 5) is 12.2. The van der Waals surface area contributed by atoms with Gasteiger partial charge in [0.25, 0.3) is 0 Å². The van der Waals surface area contributed by atoms with E-state index in [1.165, 1.54) is 0 Å². The van der Waals surface area contributed by atoms with E-state index in [1.807, 2.05) is 6.92 Å². The molecule has 0 radical (unpaired) electrons. The number of hydrogen-bond donors (Lipinski definition) is 1. The molecule has 2 heterocycles. The minimum absolute atomic E-state index is 0.177. The molecule has 4 heteroatoms. The number of carbonyl (C=O) groups is 1. The molecule has 2 saturated heterocycles. The van der Waals surface area contributed by atoms with Gasteiger partial charge in [-0.1, -0.05) is 22.6 Å². The summed E-state index contributed by atoms with van der Waals surface area (Å²) in [5, 5.41) is 9.84. The lowest BCUT2D eigenvalue weighted by molar-refractivity contribution is -0.199. The first-order chi connectivity index (χ1) is 7.92. The lowest BCUT2D eigenvalue weighted by atomic mass is 9.74. The van der Waals surface area contributed by atoms with Gasteiger partial charge in [0, 0.05) is 12.3 Å². The van der Waals surface area contributed by atoms with Gasteiger partial charge in [-0.25, -0.2) is 0 Å². The summed E-state index contributed by atoms with van der Waals surface area (Å²) in [5.74, 6) is 1.17. The molecule has 0 aromatic carbocycles. The molecule has 0 amide bonds. The summed E-state index contributed by atoms with van der Waals surface area (Å²) in [7, 11) is 2.60. The monoisotopic (exact) mass is 256 g/mol. The molecule has 3 nitrogen and oxygen atoms in total. The van der Waals surface area contributed by atoms with E-state index >= 15 is 0 Å². The second kappa shape index (κ2) is 3.53. The maximum Gasteiger partial charge on any atom is 0.168 e. The zero-order valence-electron chi connectivity index (χ0n) is 10.5. The molecule has 1 N–H and O–H groups in total. The smallest absolute Gasteiger partial charge is 0.168 e. The van der Waals surface area contributed by atoms with E-state index in [4.69, 9.17) is 4.74 Å². The average Bonchev–Trinajstić information content (AvgIpc) is 2.77. The van der Waals surface area contributed by atoms with E-state index in [-0.39, 0.29) is 17.6 Å². The molecular formula is C13H21O3P. The molecule has 0 aromatic rings. The van der Waals surface area contributed by atoms with Crippen LogP contribution in [0.5, 0.6) is 0 Å². The van der Waals surface area contributed by atoms with Gasteiger partial charge < -0.3 is 9.84 Å². The van der Waals surface area contributed by atoms with Crippen molar-refractivity contribution >= 4 is 15.0 Å². The van der Waals surface area contributed by atoms with Gasteiger partial charge in [-0.2, -0.15) is 0 Å².